The van der Waals surface area contributed by atoms with Crippen LogP contribution in [0, 0.1) is 5.92 Å². The first-order valence-corrected chi connectivity index (χ1v) is 6.19. The number of halogens is 3. The topological polar surface area (TPSA) is 29.9 Å². The molecule has 1 aromatic heterocycles. The fourth-order valence-corrected chi connectivity index (χ4v) is 1.65. The van der Waals surface area contributed by atoms with Gasteiger partial charge in [-0.15, -0.1) is 0 Å². The third kappa shape index (κ3) is 4.01. The number of aromatic nitrogens is 2. The first-order valence-electron chi connectivity index (χ1n) is 6.19. The van der Waals surface area contributed by atoms with Crippen molar-refractivity contribution in [3.8, 4) is 0 Å². The summed E-state index contributed by atoms with van der Waals surface area (Å²) in [4.78, 5) is 0. The van der Waals surface area contributed by atoms with Gasteiger partial charge in [0.1, 0.15) is 0 Å². The lowest BCUT2D eigenvalue weighted by molar-refractivity contribution is -0.141. The third-order valence-corrected chi connectivity index (χ3v) is 3.03. The molecule has 0 bridgehead atoms. The van der Waals surface area contributed by atoms with E-state index < -0.39 is 11.9 Å². The Balaban J connectivity index is 2.60. The standard InChI is InChI=1S/C12H20F3N3/c1-4-6-16-8-9(2)10(3)18-7-5-11(17-18)12(13,14)15/h5,7,9-10,16H,4,6,8H2,1-3H3. The quantitative estimate of drug-likeness (QED) is 0.799. The van der Waals surface area contributed by atoms with Crippen molar-refractivity contribution in [3.63, 3.8) is 0 Å². The highest BCUT2D eigenvalue weighted by atomic mass is 19.4. The van der Waals surface area contributed by atoms with Crippen LogP contribution >= 0.6 is 0 Å². The van der Waals surface area contributed by atoms with E-state index in [1.165, 1.54) is 10.9 Å². The molecule has 1 rings (SSSR count). The van der Waals surface area contributed by atoms with Gasteiger partial charge in [-0.3, -0.25) is 4.68 Å². The molecule has 0 radical (unpaired) electrons. The fourth-order valence-electron chi connectivity index (χ4n) is 1.65. The van der Waals surface area contributed by atoms with Crippen LogP contribution in [0.2, 0.25) is 0 Å². The van der Waals surface area contributed by atoms with Crippen LogP contribution in [0.15, 0.2) is 12.3 Å². The van der Waals surface area contributed by atoms with Crippen molar-refractivity contribution in [2.45, 2.75) is 39.4 Å². The molecular weight excluding hydrogens is 243 g/mol. The van der Waals surface area contributed by atoms with Crippen molar-refractivity contribution >= 4 is 0 Å². The highest BCUT2D eigenvalue weighted by molar-refractivity contribution is 5.04. The molecule has 3 nitrogen and oxygen atoms in total. The Kier molecular flexibility index (Phi) is 5.19. The molecule has 2 unspecified atom stereocenters. The minimum absolute atomic E-state index is 0.0644. The second-order valence-corrected chi connectivity index (χ2v) is 4.60. The highest BCUT2D eigenvalue weighted by Gasteiger charge is 2.34. The Morgan fingerprint density at radius 3 is 2.56 bits per heavy atom. The Labute approximate surface area is 105 Å². The Morgan fingerprint density at radius 2 is 2.06 bits per heavy atom. The molecule has 0 saturated heterocycles. The van der Waals surface area contributed by atoms with Gasteiger partial charge in [0.05, 0.1) is 6.04 Å². The zero-order valence-corrected chi connectivity index (χ0v) is 11.0. The van der Waals surface area contributed by atoms with E-state index in [2.05, 4.69) is 17.3 Å². The zero-order valence-electron chi connectivity index (χ0n) is 11.0. The number of rotatable bonds is 6. The molecule has 0 aliphatic heterocycles. The molecule has 0 amide bonds. The van der Waals surface area contributed by atoms with E-state index >= 15 is 0 Å². The minimum Gasteiger partial charge on any atom is -0.316 e. The van der Waals surface area contributed by atoms with Crippen LogP contribution in [0.5, 0.6) is 0 Å². The fraction of sp³-hybridized carbons (Fsp3) is 0.750. The van der Waals surface area contributed by atoms with E-state index in [9.17, 15) is 13.2 Å². The monoisotopic (exact) mass is 263 g/mol. The second kappa shape index (κ2) is 6.22. The summed E-state index contributed by atoms with van der Waals surface area (Å²) in [5.41, 5.74) is -0.830. The maximum Gasteiger partial charge on any atom is 0.435 e. The van der Waals surface area contributed by atoms with Crippen molar-refractivity contribution in [1.29, 1.82) is 0 Å². The van der Waals surface area contributed by atoms with Gasteiger partial charge in [-0.1, -0.05) is 13.8 Å². The maximum atomic E-state index is 12.4. The van der Waals surface area contributed by atoms with Crippen LogP contribution in [0.3, 0.4) is 0 Å². The van der Waals surface area contributed by atoms with E-state index in [-0.39, 0.29) is 12.0 Å². The highest BCUT2D eigenvalue weighted by Crippen LogP contribution is 2.28. The van der Waals surface area contributed by atoms with Gasteiger partial charge < -0.3 is 5.32 Å². The van der Waals surface area contributed by atoms with Gasteiger partial charge in [-0.25, -0.2) is 0 Å². The van der Waals surface area contributed by atoms with Gasteiger partial charge in [-0.05, 0) is 38.4 Å². The smallest absolute Gasteiger partial charge is 0.316 e. The number of alkyl halides is 3. The summed E-state index contributed by atoms with van der Waals surface area (Å²) in [5, 5.41) is 6.85. The summed E-state index contributed by atoms with van der Waals surface area (Å²) >= 11 is 0. The van der Waals surface area contributed by atoms with Gasteiger partial charge >= 0.3 is 6.18 Å². The third-order valence-electron chi connectivity index (χ3n) is 3.03. The van der Waals surface area contributed by atoms with Crippen LogP contribution in [0.25, 0.3) is 0 Å². The van der Waals surface area contributed by atoms with E-state index in [1.807, 2.05) is 13.8 Å². The first-order chi connectivity index (χ1) is 8.36. The average Bonchev–Trinajstić information content (AvgIpc) is 2.77. The number of hydrogen-bond donors (Lipinski definition) is 1. The summed E-state index contributed by atoms with van der Waals surface area (Å²) in [6, 6.07) is 0.952. The van der Waals surface area contributed by atoms with Gasteiger partial charge in [0, 0.05) is 6.20 Å². The normalized spacial score (nSPS) is 15.7. The number of hydrogen-bond acceptors (Lipinski definition) is 2. The van der Waals surface area contributed by atoms with E-state index in [0.29, 0.717) is 0 Å². The van der Waals surface area contributed by atoms with Crippen LogP contribution < -0.4 is 5.32 Å². The number of nitrogens with one attached hydrogen (secondary N) is 1. The van der Waals surface area contributed by atoms with Gasteiger partial charge in [-0.2, -0.15) is 18.3 Å². The van der Waals surface area contributed by atoms with E-state index in [1.54, 1.807) is 0 Å². The summed E-state index contributed by atoms with van der Waals surface area (Å²) in [6.45, 7) is 7.65. The predicted molar refractivity (Wildman–Crippen MR) is 64.3 cm³/mol. The average molecular weight is 263 g/mol. The minimum atomic E-state index is -4.37. The Morgan fingerprint density at radius 1 is 1.39 bits per heavy atom. The molecule has 6 heteroatoms. The SMILES string of the molecule is CCCNCC(C)C(C)n1ccc(C(F)(F)F)n1. The molecule has 0 saturated carbocycles. The van der Waals surface area contributed by atoms with Crippen molar-refractivity contribution in [3.05, 3.63) is 18.0 Å². The van der Waals surface area contributed by atoms with Crippen molar-refractivity contribution < 1.29 is 13.2 Å². The van der Waals surface area contributed by atoms with Crippen molar-refractivity contribution in [2.24, 2.45) is 5.92 Å². The molecule has 0 aromatic carbocycles. The molecule has 2 atom stereocenters. The molecule has 0 fully saturated rings. The molecule has 0 aliphatic rings. The van der Waals surface area contributed by atoms with Gasteiger partial charge in [0.15, 0.2) is 5.69 Å². The molecule has 1 heterocycles. The lowest BCUT2D eigenvalue weighted by atomic mass is 10.0. The molecule has 0 spiro atoms. The predicted octanol–water partition coefficient (Wildman–Crippen LogP) is 3.10. The van der Waals surface area contributed by atoms with Gasteiger partial charge in [0.2, 0.25) is 0 Å². The lowest BCUT2D eigenvalue weighted by Gasteiger charge is -2.20. The molecule has 0 aliphatic carbocycles. The first kappa shape index (κ1) is 15.0. The molecule has 104 valence electrons. The zero-order chi connectivity index (χ0) is 13.8. The van der Waals surface area contributed by atoms with Gasteiger partial charge in [0.25, 0.3) is 0 Å². The van der Waals surface area contributed by atoms with Crippen LogP contribution in [-0.4, -0.2) is 22.9 Å². The molecule has 1 N–H and O–H groups in total. The van der Waals surface area contributed by atoms with E-state index in [4.69, 9.17) is 0 Å². The van der Waals surface area contributed by atoms with Crippen molar-refractivity contribution in [1.82, 2.24) is 15.1 Å². The largest absolute Gasteiger partial charge is 0.435 e. The Bertz CT molecular complexity index is 360. The van der Waals surface area contributed by atoms with Crippen LogP contribution in [0.1, 0.15) is 38.9 Å². The summed E-state index contributed by atoms with van der Waals surface area (Å²) in [5.74, 6) is 0.220. The Hall–Kier alpha value is -1.04. The maximum absolute atomic E-state index is 12.4. The van der Waals surface area contributed by atoms with Crippen LogP contribution in [-0.2, 0) is 6.18 Å². The second-order valence-electron chi connectivity index (χ2n) is 4.60. The summed E-state index contributed by atoms with van der Waals surface area (Å²) < 4.78 is 38.7. The number of nitrogens with zero attached hydrogens (tertiary/aromatic N) is 2. The molecule has 1 aromatic rings. The lowest BCUT2D eigenvalue weighted by Crippen LogP contribution is -2.27. The van der Waals surface area contributed by atoms with Crippen LogP contribution in [0.4, 0.5) is 13.2 Å². The molecular formula is C12H20F3N3. The molecule has 18 heavy (non-hydrogen) atoms. The van der Waals surface area contributed by atoms with Crippen molar-refractivity contribution in [2.75, 3.05) is 13.1 Å². The summed E-state index contributed by atoms with van der Waals surface area (Å²) in [6.07, 6.45) is -1.93. The van der Waals surface area contributed by atoms with E-state index in [0.717, 1.165) is 25.6 Å². The summed E-state index contributed by atoms with van der Waals surface area (Å²) in [7, 11) is 0.